The molecule has 1 amide bonds. The van der Waals surface area contributed by atoms with Gasteiger partial charge >= 0.3 is 0 Å². The molecule has 0 bridgehead atoms. The van der Waals surface area contributed by atoms with E-state index >= 15 is 0 Å². The SMILES string of the molecule is NCc1ccccc1NC(=O)CCCN1CCC(O)C1. The second kappa shape index (κ2) is 7.38. The van der Waals surface area contributed by atoms with Crippen LogP contribution in [0.4, 0.5) is 5.69 Å². The summed E-state index contributed by atoms with van der Waals surface area (Å²) in [5, 5.41) is 12.3. The second-order valence-electron chi connectivity index (χ2n) is 5.26. The van der Waals surface area contributed by atoms with Crippen LogP contribution >= 0.6 is 0 Å². The van der Waals surface area contributed by atoms with Gasteiger partial charge in [-0.15, -0.1) is 0 Å². The number of aliphatic hydroxyl groups is 1. The first-order chi connectivity index (χ1) is 9.69. The second-order valence-corrected chi connectivity index (χ2v) is 5.26. The van der Waals surface area contributed by atoms with Gasteiger partial charge in [-0.05, 0) is 31.0 Å². The number of hydrogen-bond acceptors (Lipinski definition) is 4. The summed E-state index contributed by atoms with van der Waals surface area (Å²) in [6, 6.07) is 7.59. The molecule has 1 aliphatic rings. The van der Waals surface area contributed by atoms with Crippen LogP contribution in [0, 0.1) is 0 Å². The number of nitrogens with one attached hydrogen (secondary N) is 1. The van der Waals surface area contributed by atoms with Crippen LogP contribution in [0.5, 0.6) is 0 Å². The van der Waals surface area contributed by atoms with Crippen molar-refractivity contribution in [3.63, 3.8) is 0 Å². The van der Waals surface area contributed by atoms with Crippen molar-refractivity contribution in [2.75, 3.05) is 25.0 Å². The maximum Gasteiger partial charge on any atom is 0.224 e. The number of rotatable bonds is 6. The van der Waals surface area contributed by atoms with Crippen LogP contribution in [0.15, 0.2) is 24.3 Å². The highest BCUT2D eigenvalue weighted by atomic mass is 16.3. The zero-order valence-electron chi connectivity index (χ0n) is 11.7. The van der Waals surface area contributed by atoms with E-state index in [0.717, 1.165) is 43.7 Å². The lowest BCUT2D eigenvalue weighted by molar-refractivity contribution is -0.116. The van der Waals surface area contributed by atoms with Crippen LogP contribution in [0.2, 0.25) is 0 Å². The minimum atomic E-state index is -0.194. The van der Waals surface area contributed by atoms with Crippen LogP contribution < -0.4 is 11.1 Å². The molecule has 20 heavy (non-hydrogen) atoms. The predicted octanol–water partition coefficient (Wildman–Crippen LogP) is 0.931. The maximum absolute atomic E-state index is 11.9. The third-order valence-corrected chi connectivity index (χ3v) is 3.64. The van der Waals surface area contributed by atoms with Crippen molar-refractivity contribution >= 4 is 11.6 Å². The van der Waals surface area contributed by atoms with E-state index in [1.54, 1.807) is 0 Å². The van der Waals surface area contributed by atoms with Gasteiger partial charge in [-0.3, -0.25) is 4.79 Å². The lowest BCUT2D eigenvalue weighted by Gasteiger charge is -2.14. The van der Waals surface area contributed by atoms with Crippen LogP contribution in [0.1, 0.15) is 24.8 Å². The van der Waals surface area contributed by atoms with E-state index in [2.05, 4.69) is 10.2 Å². The van der Waals surface area contributed by atoms with Gasteiger partial charge in [-0.2, -0.15) is 0 Å². The molecule has 0 aliphatic carbocycles. The Hall–Kier alpha value is -1.43. The molecule has 1 unspecified atom stereocenters. The Kier molecular flexibility index (Phi) is 5.52. The van der Waals surface area contributed by atoms with E-state index in [1.807, 2.05) is 24.3 Å². The number of aliphatic hydroxyl groups excluding tert-OH is 1. The van der Waals surface area contributed by atoms with Crippen molar-refractivity contribution in [2.45, 2.75) is 31.9 Å². The largest absolute Gasteiger partial charge is 0.392 e. The first-order valence-corrected chi connectivity index (χ1v) is 7.17. The minimum Gasteiger partial charge on any atom is -0.392 e. The number of hydrogen-bond donors (Lipinski definition) is 3. The molecule has 1 aliphatic heterocycles. The Balaban J connectivity index is 1.72. The van der Waals surface area contributed by atoms with Crippen LogP contribution in [0.3, 0.4) is 0 Å². The Morgan fingerprint density at radius 1 is 1.45 bits per heavy atom. The van der Waals surface area contributed by atoms with Gasteiger partial charge in [-0.25, -0.2) is 0 Å². The Labute approximate surface area is 119 Å². The summed E-state index contributed by atoms with van der Waals surface area (Å²) in [4.78, 5) is 14.1. The first kappa shape index (κ1) is 15.0. The molecule has 0 saturated carbocycles. The fourth-order valence-corrected chi connectivity index (χ4v) is 2.51. The van der Waals surface area contributed by atoms with Gasteiger partial charge in [0.15, 0.2) is 0 Å². The van der Waals surface area contributed by atoms with Crippen molar-refractivity contribution in [3.8, 4) is 0 Å². The third-order valence-electron chi connectivity index (χ3n) is 3.64. The molecule has 1 heterocycles. The molecule has 1 saturated heterocycles. The Bertz CT molecular complexity index is 450. The average Bonchev–Trinajstić information content (AvgIpc) is 2.85. The molecule has 2 rings (SSSR count). The van der Waals surface area contributed by atoms with Gasteiger partial charge in [0.05, 0.1) is 6.10 Å². The van der Waals surface area contributed by atoms with Crippen molar-refractivity contribution < 1.29 is 9.90 Å². The highest BCUT2D eigenvalue weighted by Crippen LogP contribution is 2.15. The predicted molar refractivity (Wildman–Crippen MR) is 79.3 cm³/mol. The normalized spacial score (nSPS) is 19.2. The van der Waals surface area contributed by atoms with Crippen LogP contribution in [-0.2, 0) is 11.3 Å². The van der Waals surface area contributed by atoms with Crippen LogP contribution in [0.25, 0.3) is 0 Å². The number of amides is 1. The van der Waals surface area contributed by atoms with Crippen molar-refractivity contribution in [2.24, 2.45) is 5.73 Å². The fourth-order valence-electron chi connectivity index (χ4n) is 2.51. The molecule has 1 atom stereocenters. The van der Waals surface area contributed by atoms with E-state index in [-0.39, 0.29) is 12.0 Å². The van der Waals surface area contributed by atoms with Gasteiger partial charge in [-0.1, -0.05) is 18.2 Å². The number of β-amino-alcohol motifs (C(OH)–C–C–N with tert-alkyl or cyclic N) is 1. The summed E-state index contributed by atoms with van der Waals surface area (Å²) in [6.45, 7) is 2.95. The average molecular weight is 277 g/mol. The topological polar surface area (TPSA) is 78.6 Å². The molecule has 1 aromatic rings. The number of likely N-dealkylation sites (tertiary alicyclic amines) is 1. The van der Waals surface area contributed by atoms with Crippen molar-refractivity contribution in [1.29, 1.82) is 0 Å². The van der Waals surface area contributed by atoms with Gasteiger partial charge < -0.3 is 21.1 Å². The number of anilines is 1. The molecule has 5 heteroatoms. The van der Waals surface area contributed by atoms with E-state index < -0.39 is 0 Å². The molecular formula is C15H23N3O2. The highest BCUT2D eigenvalue weighted by Gasteiger charge is 2.19. The molecule has 5 nitrogen and oxygen atoms in total. The lowest BCUT2D eigenvalue weighted by Crippen LogP contribution is -2.24. The van der Waals surface area contributed by atoms with E-state index in [1.165, 1.54) is 0 Å². The third kappa shape index (κ3) is 4.30. The van der Waals surface area contributed by atoms with Crippen molar-refractivity contribution in [1.82, 2.24) is 4.90 Å². The molecule has 1 aromatic carbocycles. The quantitative estimate of drug-likeness (QED) is 0.723. The van der Waals surface area contributed by atoms with Gasteiger partial charge in [0.25, 0.3) is 0 Å². The maximum atomic E-state index is 11.9. The van der Waals surface area contributed by atoms with E-state index in [9.17, 15) is 9.90 Å². The van der Waals surface area contributed by atoms with Crippen LogP contribution in [-0.4, -0.2) is 41.7 Å². The van der Waals surface area contributed by atoms with E-state index in [0.29, 0.717) is 13.0 Å². The number of nitrogens with zero attached hydrogens (tertiary/aromatic N) is 1. The van der Waals surface area contributed by atoms with Gasteiger partial charge in [0, 0.05) is 31.7 Å². The number of carbonyl (C=O) groups excluding carboxylic acids is 1. The summed E-state index contributed by atoms with van der Waals surface area (Å²) >= 11 is 0. The minimum absolute atomic E-state index is 0.0191. The van der Waals surface area contributed by atoms with E-state index in [4.69, 9.17) is 5.73 Å². The summed E-state index contributed by atoms with van der Waals surface area (Å²) in [5.74, 6) is 0.0191. The smallest absolute Gasteiger partial charge is 0.224 e. The molecule has 1 fully saturated rings. The highest BCUT2D eigenvalue weighted by molar-refractivity contribution is 5.91. The summed E-state index contributed by atoms with van der Waals surface area (Å²) in [5.41, 5.74) is 7.39. The monoisotopic (exact) mass is 277 g/mol. The zero-order chi connectivity index (χ0) is 14.4. The number of benzene rings is 1. The summed E-state index contributed by atoms with van der Waals surface area (Å²) in [7, 11) is 0. The molecule has 110 valence electrons. The number of para-hydroxylation sites is 1. The molecular weight excluding hydrogens is 254 g/mol. The number of carbonyl (C=O) groups is 1. The first-order valence-electron chi connectivity index (χ1n) is 7.17. The standard InChI is InChI=1S/C15H23N3O2/c16-10-12-4-1-2-5-14(12)17-15(20)6-3-8-18-9-7-13(19)11-18/h1-2,4-5,13,19H,3,6-11,16H2,(H,17,20). The summed E-state index contributed by atoms with van der Waals surface area (Å²) < 4.78 is 0. The molecule has 0 radical (unpaired) electrons. The van der Waals surface area contributed by atoms with Gasteiger partial charge in [0.2, 0.25) is 5.91 Å². The molecule has 0 aromatic heterocycles. The Morgan fingerprint density at radius 2 is 2.25 bits per heavy atom. The van der Waals surface area contributed by atoms with Gasteiger partial charge in [0.1, 0.15) is 0 Å². The fraction of sp³-hybridized carbons (Fsp3) is 0.533. The molecule has 0 spiro atoms. The lowest BCUT2D eigenvalue weighted by atomic mass is 10.1. The summed E-state index contributed by atoms with van der Waals surface area (Å²) in [6.07, 6.45) is 1.95. The zero-order valence-corrected chi connectivity index (χ0v) is 11.7. The number of nitrogens with two attached hydrogens (primary N) is 1. The molecule has 4 N–H and O–H groups in total. The Morgan fingerprint density at radius 3 is 2.95 bits per heavy atom. The van der Waals surface area contributed by atoms with Crippen molar-refractivity contribution in [3.05, 3.63) is 29.8 Å².